The number of aliphatic hydroxyl groups excluding tert-OH is 1. The molecule has 1 aromatic rings. The summed E-state index contributed by atoms with van der Waals surface area (Å²) in [5.41, 5.74) is 7.91. The standard InChI is InChI=1S/C13H19BrN2O2/c1-9-6-16(7-13(8-17)18-9)12-3-10(5-15)2-11(14)4-12/h2-4,9,13,17H,5-8,15H2,1H3. The number of halogens is 1. The number of benzene rings is 1. The monoisotopic (exact) mass is 314 g/mol. The molecule has 2 rings (SSSR count). The minimum Gasteiger partial charge on any atom is -0.394 e. The number of hydrogen-bond donors (Lipinski definition) is 2. The summed E-state index contributed by atoms with van der Waals surface area (Å²) in [5.74, 6) is 0. The van der Waals surface area contributed by atoms with Crippen molar-refractivity contribution in [1.82, 2.24) is 0 Å². The number of hydrogen-bond acceptors (Lipinski definition) is 4. The fourth-order valence-electron chi connectivity index (χ4n) is 2.29. The third kappa shape index (κ3) is 3.23. The Hall–Kier alpha value is -0.620. The van der Waals surface area contributed by atoms with Gasteiger partial charge in [0.1, 0.15) is 0 Å². The Balaban J connectivity index is 2.21. The molecule has 18 heavy (non-hydrogen) atoms. The van der Waals surface area contributed by atoms with Crippen LogP contribution in [-0.4, -0.2) is 37.0 Å². The van der Waals surface area contributed by atoms with E-state index in [1.807, 2.05) is 13.0 Å². The van der Waals surface area contributed by atoms with Crippen molar-refractivity contribution >= 4 is 21.6 Å². The van der Waals surface area contributed by atoms with Gasteiger partial charge in [-0.05, 0) is 30.7 Å². The molecule has 0 aliphatic carbocycles. The van der Waals surface area contributed by atoms with Crippen molar-refractivity contribution in [1.29, 1.82) is 0 Å². The first-order valence-corrected chi connectivity index (χ1v) is 6.92. The van der Waals surface area contributed by atoms with Crippen LogP contribution in [0.5, 0.6) is 0 Å². The average molecular weight is 315 g/mol. The Morgan fingerprint density at radius 2 is 2.22 bits per heavy atom. The van der Waals surface area contributed by atoms with E-state index in [1.165, 1.54) is 0 Å². The van der Waals surface area contributed by atoms with Crippen LogP contribution in [0, 0.1) is 0 Å². The van der Waals surface area contributed by atoms with E-state index >= 15 is 0 Å². The van der Waals surface area contributed by atoms with Gasteiger partial charge < -0.3 is 20.5 Å². The molecule has 0 radical (unpaired) electrons. The van der Waals surface area contributed by atoms with Crippen LogP contribution in [0.1, 0.15) is 12.5 Å². The molecule has 1 heterocycles. The van der Waals surface area contributed by atoms with Crippen molar-refractivity contribution in [3.8, 4) is 0 Å². The van der Waals surface area contributed by atoms with Crippen LogP contribution in [-0.2, 0) is 11.3 Å². The smallest absolute Gasteiger partial charge is 0.0984 e. The lowest BCUT2D eigenvalue weighted by atomic mass is 10.1. The highest BCUT2D eigenvalue weighted by atomic mass is 79.9. The lowest BCUT2D eigenvalue weighted by Gasteiger charge is -2.37. The van der Waals surface area contributed by atoms with Crippen LogP contribution in [0.15, 0.2) is 22.7 Å². The number of nitrogens with zero attached hydrogens (tertiary/aromatic N) is 1. The maximum Gasteiger partial charge on any atom is 0.0984 e. The largest absolute Gasteiger partial charge is 0.394 e. The first kappa shape index (κ1) is 13.8. The molecule has 0 spiro atoms. The lowest BCUT2D eigenvalue weighted by molar-refractivity contribution is -0.0421. The first-order valence-electron chi connectivity index (χ1n) is 6.13. The summed E-state index contributed by atoms with van der Waals surface area (Å²) in [6.45, 7) is 4.14. The number of aliphatic hydroxyl groups is 1. The maximum absolute atomic E-state index is 9.25. The minimum absolute atomic E-state index is 0.0542. The third-order valence-corrected chi connectivity index (χ3v) is 3.53. The van der Waals surface area contributed by atoms with Gasteiger partial charge in [-0.2, -0.15) is 0 Å². The first-order chi connectivity index (χ1) is 8.62. The molecule has 2 unspecified atom stereocenters. The van der Waals surface area contributed by atoms with Gasteiger partial charge in [-0.3, -0.25) is 0 Å². The second kappa shape index (κ2) is 6.02. The molecule has 1 fully saturated rings. The van der Waals surface area contributed by atoms with Gasteiger partial charge in [-0.25, -0.2) is 0 Å². The summed E-state index contributed by atoms with van der Waals surface area (Å²) < 4.78 is 6.67. The zero-order valence-corrected chi connectivity index (χ0v) is 12.1. The molecule has 1 aromatic carbocycles. The van der Waals surface area contributed by atoms with Gasteiger partial charge >= 0.3 is 0 Å². The molecule has 0 bridgehead atoms. The second-order valence-electron chi connectivity index (χ2n) is 4.68. The van der Waals surface area contributed by atoms with Crippen molar-refractivity contribution in [2.24, 2.45) is 5.73 Å². The Labute approximate surface area is 116 Å². The molecular formula is C13H19BrN2O2. The predicted molar refractivity (Wildman–Crippen MR) is 75.7 cm³/mol. The Bertz CT molecular complexity index is 414. The van der Waals surface area contributed by atoms with E-state index in [9.17, 15) is 5.11 Å². The third-order valence-electron chi connectivity index (χ3n) is 3.07. The molecule has 1 aliphatic heterocycles. The van der Waals surface area contributed by atoms with E-state index in [2.05, 4.69) is 33.0 Å². The van der Waals surface area contributed by atoms with Crippen LogP contribution < -0.4 is 10.6 Å². The number of ether oxygens (including phenoxy) is 1. The summed E-state index contributed by atoms with van der Waals surface area (Å²) in [5, 5.41) is 9.25. The Morgan fingerprint density at radius 1 is 1.44 bits per heavy atom. The summed E-state index contributed by atoms with van der Waals surface area (Å²) in [7, 11) is 0. The fourth-order valence-corrected chi connectivity index (χ4v) is 2.82. The van der Waals surface area contributed by atoms with Crippen LogP contribution in [0.3, 0.4) is 0 Å². The van der Waals surface area contributed by atoms with Crippen molar-refractivity contribution in [2.45, 2.75) is 25.7 Å². The van der Waals surface area contributed by atoms with Gasteiger partial charge in [0.2, 0.25) is 0 Å². The van der Waals surface area contributed by atoms with Gasteiger partial charge in [0.15, 0.2) is 0 Å². The van der Waals surface area contributed by atoms with Crippen LogP contribution >= 0.6 is 15.9 Å². The maximum atomic E-state index is 9.25. The van der Waals surface area contributed by atoms with Crippen LogP contribution in [0.4, 0.5) is 5.69 Å². The highest BCUT2D eigenvalue weighted by Crippen LogP contribution is 2.25. The molecule has 0 saturated carbocycles. The van der Waals surface area contributed by atoms with Gasteiger partial charge in [0.25, 0.3) is 0 Å². The fraction of sp³-hybridized carbons (Fsp3) is 0.538. The van der Waals surface area contributed by atoms with Crippen LogP contribution in [0.2, 0.25) is 0 Å². The van der Waals surface area contributed by atoms with E-state index in [-0.39, 0.29) is 18.8 Å². The number of morpholine rings is 1. The van der Waals surface area contributed by atoms with Gasteiger partial charge in [0.05, 0.1) is 18.8 Å². The highest BCUT2D eigenvalue weighted by Gasteiger charge is 2.25. The highest BCUT2D eigenvalue weighted by molar-refractivity contribution is 9.10. The summed E-state index contributed by atoms with van der Waals surface area (Å²) >= 11 is 3.50. The lowest BCUT2D eigenvalue weighted by Crippen LogP contribution is -2.48. The molecular weight excluding hydrogens is 296 g/mol. The average Bonchev–Trinajstić information content (AvgIpc) is 2.37. The van der Waals surface area contributed by atoms with Crippen LogP contribution in [0.25, 0.3) is 0 Å². The van der Waals surface area contributed by atoms with Crippen molar-refractivity contribution < 1.29 is 9.84 Å². The normalized spacial score (nSPS) is 24.3. The molecule has 4 nitrogen and oxygen atoms in total. The summed E-state index contributed by atoms with van der Waals surface area (Å²) in [6.07, 6.45) is 0.00488. The topological polar surface area (TPSA) is 58.7 Å². The van der Waals surface area contributed by atoms with Crippen molar-refractivity contribution in [3.05, 3.63) is 28.2 Å². The molecule has 0 amide bonds. The molecule has 0 aromatic heterocycles. The zero-order chi connectivity index (χ0) is 13.1. The second-order valence-corrected chi connectivity index (χ2v) is 5.59. The Kier molecular flexibility index (Phi) is 4.61. The zero-order valence-electron chi connectivity index (χ0n) is 10.5. The summed E-state index contributed by atoms with van der Waals surface area (Å²) in [6, 6.07) is 6.19. The minimum atomic E-state index is -0.117. The van der Waals surface area contributed by atoms with E-state index in [0.29, 0.717) is 13.1 Å². The summed E-state index contributed by atoms with van der Waals surface area (Å²) in [4.78, 5) is 2.24. The van der Waals surface area contributed by atoms with Gasteiger partial charge in [-0.1, -0.05) is 15.9 Å². The molecule has 1 aliphatic rings. The van der Waals surface area contributed by atoms with Crippen molar-refractivity contribution in [3.63, 3.8) is 0 Å². The molecule has 1 saturated heterocycles. The molecule has 100 valence electrons. The predicted octanol–water partition coefficient (Wildman–Crippen LogP) is 1.49. The molecule has 5 heteroatoms. The quantitative estimate of drug-likeness (QED) is 0.887. The van der Waals surface area contributed by atoms with E-state index in [1.54, 1.807) is 0 Å². The number of rotatable bonds is 3. The van der Waals surface area contributed by atoms with Gasteiger partial charge in [0, 0.05) is 29.8 Å². The molecule has 3 N–H and O–H groups in total. The van der Waals surface area contributed by atoms with Gasteiger partial charge in [-0.15, -0.1) is 0 Å². The Morgan fingerprint density at radius 3 is 2.89 bits per heavy atom. The van der Waals surface area contributed by atoms with E-state index in [0.717, 1.165) is 22.3 Å². The number of anilines is 1. The van der Waals surface area contributed by atoms with E-state index in [4.69, 9.17) is 10.5 Å². The SMILES string of the molecule is CC1CN(c2cc(Br)cc(CN)c2)CC(CO)O1. The van der Waals surface area contributed by atoms with Crippen molar-refractivity contribution in [2.75, 3.05) is 24.6 Å². The molecule has 2 atom stereocenters. The number of nitrogens with two attached hydrogens (primary N) is 1. The van der Waals surface area contributed by atoms with E-state index < -0.39 is 0 Å².